The predicted octanol–water partition coefficient (Wildman–Crippen LogP) is 4.24. The Labute approximate surface area is 144 Å². The Hall–Kier alpha value is -2.46. The number of hydrogen-bond acceptors (Lipinski definition) is 3. The first-order chi connectivity index (χ1) is 11.5. The zero-order chi connectivity index (χ0) is 20.5. The Kier molecular flexibility index (Phi) is 5.84. The van der Waals surface area contributed by atoms with Crippen LogP contribution in [0.15, 0.2) is 18.2 Å². The Morgan fingerprint density at radius 1 is 0.923 bits per heavy atom. The van der Waals surface area contributed by atoms with Crippen molar-refractivity contribution in [2.45, 2.75) is 38.7 Å². The Balaban J connectivity index is 3.14. The number of nitrogens with zero attached hydrogens (tertiary/aromatic N) is 1. The lowest BCUT2D eigenvalue weighted by Gasteiger charge is -2.25. The summed E-state index contributed by atoms with van der Waals surface area (Å²) in [5.41, 5.74) is -3.26. The predicted molar refractivity (Wildman–Crippen MR) is 77.9 cm³/mol. The second kappa shape index (κ2) is 7.04. The summed E-state index contributed by atoms with van der Waals surface area (Å²) in [7, 11) is 1.03. The lowest BCUT2D eigenvalue weighted by molar-refractivity contribution is -0.143. The number of carbonyl (C=O) groups is 2. The van der Waals surface area contributed by atoms with E-state index in [0.29, 0.717) is 5.01 Å². The summed E-state index contributed by atoms with van der Waals surface area (Å²) >= 11 is 0. The maximum Gasteiger partial charge on any atom is 0.428 e. The van der Waals surface area contributed by atoms with Gasteiger partial charge in [-0.05, 0) is 39.0 Å². The van der Waals surface area contributed by atoms with Gasteiger partial charge in [-0.15, -0.1) is 0 Å². The molecule has 1 aromatic carbocycles. The molecule has 0 radical (unpaired) electrons. The summed E-state index contributed by atoms with van der Waals surface area (Å²) in [6.07, 6.45) is -11.2. The van der Waals surface area contributed by atoms with E-state index in [0.717, 1.165) is 7.05 Å². The lowest BCUT2D eigenvalue weighted by atomic mass is 10.0. The highest BCUT2D eigenvalue weighted by molar-refractivity contribution is 5.95. The molecule has 146 valence electrons. The molecule has 0 aromatic heterocycles. The van der Waals surface area contributed by atoms with E-state index in [9.17, 15) is 35.9 Å². The molecule has 0 unspecified atom stereocenters. The second-order valence-corrected chi connectivity index (χ2v) is 6.27. The van der Waals surface area contributed by atoms with E-state index in [1.807, 2.05) is 5.43 Å². The van der Waals surface area contributed by atoms with Crippen molar-refractivity contribution in [3.63, 3.8) is 0 Å². The number of carbonyl (C=O) groups excluding carboxylic acids is 2. The van der Waals surface area contributed by atoms with E-state index < -0.39 is 46.6 Å². The van der Waals surface area contributed by atoms with Crippen molar-refractivity contribution >= 4 is 12.0 Å². The highest BCUT2D eigenvalue weighted by Crippen LogP contribution is 2.36. The number of nitrogens with one attached hydrogen (secondary N) is 1. The quantitative estimate of drug-likeness (QED) is 0.580. The standard InChI is InChI=1S/C15H16F6N2O3/c1-13(2,3)26-12(25)23(4)22-11(24)8-5-9(14(16,17)18)7-10(6-8)15(19,20)21/h5-7H,1-4H3,(H,22,24). The molecule has 11 heteroatoms. The molecule has 26 heavy (non-hydrogen) atoms. The summed E-state index contributed by atoms with van der Waals surface area (Å²) < 4.78 is 81.7. The number of benzene rings is 1. The molecule has 0 atom stereocenters. The van der Waals surface area contributed by atoms with Gasteiger partial charge in [0.2, 0.25) is 0 Å². The van der Waals surface area contributed by atoms with E-state index in [1.54, 1.807) is 0 Å². The third-order valence-corrected chi connectivity index (χ3v) is 2.79. The molecule has 0 aliphatic carbocycles. The number of hydrogen-bond donors (Lipinski definition) is 1. The number of rotatable bonds is 1. The molecular formula is C15H16F6N2O3. The first-order valence-corrected chi connectivity index (χ1v) is 7.08. The van der Waals surface area contributed by atoms with Crippen molar-refractivity contribution in [2.75, 3.05) is 7.05 Å². The van der Waals surface area contributed by atoms with Crippen LogP contribution < -0.4 is 5.43 Å². The van der Waals surface area contributed by atoms with Crippen molar-refractivity contribution < 1.29 is 40.7 Å². The van der Waals surface area contributed by atoms with Crippen LogP contribution in [0.4, 0.5) is 31.1 Å². The number of halogens is 6. The average molecular weight is 386 g/mol. The van der Waals surface area contributed by atoms with Gasteiger partial charge in [0.05, 0.1) is 11.1 Å². The van der Waals surface area contributed by atoms with Crippen LogP contribution in [0.1, 0.15) is 42.3 Å². The zero-order valence-electron chi connectivity index (χ0n) is 14.2. The van der Waals surface area contributed by atoms with E-state index in [4.69, 9.17) is 4.74 Å². The van der Waals surface area contributed by atoms with Gasteiger partial charge >= 0.3 is 18.4 Å². The maximum absolute atomic E-state index is 12.8. The Morgan fingerprint density at radius 2 is 1.35 bits per heavy atom. The zero-order valence-corrected chi connectivity index (χ0v) is 14.2. The molecule has 0 heterocycles. The highest BCUT2D eigenvalue weighted by Gasteiger charge is 2.37. The molecule has 1 N–H and O–H groups in total. The molecule has 0 aliphatic rings. The van der Waals surface area contributed by atoms with Gasteiger partial charge in [0.15, 0.2) is 0 Å². The van der Waals surface area contributed by atoms with Crippen LogP contribution in [-0.2, 0) is 17.1 Å². The molecule has 0 aliphatic heterocycles. The van der Waals surface area contributed by atoms with E-state index in [2.05, 4.69) is 0 Å². The van der Waals surface area contributed by atoms with Gasteiger partial charge in [-0.25, -0.2) is 9.80 Å². The maximum atomic E-state index is 12.8. The monoisotopic (exact) mass is 386 g/mol. The van der Waals surface area contributed by atoms with Crippen molar-refractivity contribution in [1.29, 1.82) is 0 Å². The minimum Gasteiger partial charge on any atom is -0.442 e. The molecule has 0 spiro atoms. The van der Waals surface area contributed by atoms with Crippen LogP contribution in [0, 0.1) is 0 Å². The largest absolute Gasteiger partial charge is 0.442 e. The fraction of sp³-hybridized carbons (Fsp3) is 0.467. The van der Waals surface area contributed by atoms with Crippen molar-refractivity contribution in [3.05, 3.63) is 34.9 Å². The molecule has 0 saturated heterocycles. The smallest absolute Gasteiger partial charge is 0.428 e. The van der Waals surface area contributed by atoms with Crippen LogP contribution in [-0.4, -0.2) is 29.7 Å². The van der Waals surface area contributed by atoms with Gasteiger partial charge in [0.25, 0.3) is 5.91 Å². The van der Waals surface area contributed by atoms with Gasteiger partial charge in [-0.3, -0.25) is 10.2 Å². The second-order valence-electron chi connectivity index (χ2n) is 6.27. The third kappa shape index (κ3) is 6.12. The summed E-state index contributed by atoms with van der Waals surface area (Å²) in [6, 6.07) is 0.412. The van der Waals surface area contributed by atoms with Crippen LogP contribution in [0.5, 0.6) is 0 Å². The average Bonchev–Trinajstić information content (AvgIpc) is 2.42. The SMILES string of the molecule is CN(NC(=O)c1cc(C(F)(F)F)cc(C(F)(F)F)c1)C(=O)OC(C)(C)C. The molecule has 2 amide bonds. The first-order valence-electron chi connectivity index (χ1n) is 7.08. The van der Waals surface area contributed by atoms with E-state index in [-0.39, 0.29) is 18.2 Å². The first kappa shape index (κ1) is 21.6. The summed E-state index contributed by atoms with van der Waals surface area (Å²) in [4.78, 5) is 23.7. The van der Waals surface area contributed by atoms with E-state index >= 15 is 0 Å². The molecular weight excluding hydrogens is 370 g/mol. The molecule has 1 rings (SSSR count). The topological polar surface area (TPSA) is 58.6 Å². The fourth-order valence-electron chi connectivity index (χ4n) is 1.68. The van der Waals surface area contributed by atoms with Crippen molar-refractivity contribution in [3.8, 4) is 0 Å². The summed E-state index contributed by atoms with van der Waals surface area (Å²) in [6.45, 7) is 4.59. The number of hydrazine groups is 1. The molecule has 5 nitrogen and oxygen atoms in total. The fourth-order valence-corrected chi connectivity index (χ4v) is 1.68. The Bertz CT molecular complexity index is 660. The van der Waals surface area contributed by atoms with Gasteiger partial charge in [0.1, 0.15) is 5.60 Å². The summed E-state index contributed by atoms with van der Waals surface area (Å²) in [5.74, 6) is -1.34. The third-order valence-electron chi connectivity index (χ3n) is 2.79. The summed E-state index contributed by atoms with van der Waals surface area (Å²) in [5, 5.41) is 0.515. The molecule has 0 fully saturated rings. The van der Waals surface area contributed by atoms with Crippen LogP contribution in [0.3, 0.4) is 0 Å². The van der Waals surface area contributed by atoms with Crippen molar-refractivity contribution in [2.24, 2.45) is 0 Å². The van der Waals surface area contributed by atoms with E-state index in [1.165, 1.54) is 20.8 Å². The van der Waals surface area contributed by atoms with Crippen molar-refractivity contribution in [1.82, 2.24) is 10.4 Å². The van der Waals surface area contributed by atoms with Crippen LogP contribution >= 0.6 is 0 Å². The minimum absolute atomic E-state index is 0.103. The Morgan fingerprint density at radius 3 is 1.69 bits per heavy atom. The van der Waals surface area contributed by atoms with Crippen LogP contribution in [0.2, 0.25) is 0 Å². The normalized spacial score (nSPS) is 12.5. The van der Waals surface area contributed by atoms with Gasteiger partial charge in [-0.1, -0.05) is 0 Å². The van der Waals surface area contributed by atoms with Gasteiger partial charge < -0.3 is 4.74 Å². The number of alkyl halides is 6. The highest BCUT2D eigenvalue weighted by atomic mass is 19.4. The van der Waals surface area contributed by atoms with Gasteiger partial charge in [0, 0.05) is 12.6 Å². The number of ether oxygens (including phenoxy) is 1. The lowest BCUT2D eigenvalue weighted by Crippen LogP contribution is -2.45. The molecule has 0 bridgehead atoms. The molecule has 0 saturated carbocycles. The minimum atomic E-state index is -5.09. The molecule has 1 aromatic rings. The van der Waals surface area contributed by atoms with Crippen LogP contribution in [0.25, 0.3) is 0 Å². The van der Waals surface area contributed by atoms with Gasteiger partial charge in [-0.2, -0.15) is 26.3 Å². The number of amides is 2.